The summed E-state index contributed by atoms with van der Waals surface area (Å²) in [5.41, 5.74) is 1.24. The highest BCUT2D eigenvalue weighted by molar-refractivity contribution is 6.30. The largest absolute Gasteiger partial charge is 0.328 e. The van der Waals surface area contributed by atoms with Crippen molar-refractivity contribution < 1.29 is 4.79 Å². The standard InChI is InChI=1S/C15H13ClN2O/c1-3-9-18(4-2)15(19)12-10-14(16)17-13-8-6-5-7-11(12)13/h1,5-8,10H,4,9H2,2H3. The van der Waals surface area contributed by atoms with E-state index in [-0.39, 0.29) is 12.5 Å². The monoisotopic (exact) mass is 272 g/mol. The predicted octanol–water partition coefficient (Wildman–Crippen LogP) is 2.98. The van der Waals surface area contributed by atoms with Gasteiger partial charge in [-0.2, -0.15) is 0 Å². The van der Waals surface area contributed by atoms with Gasteiger partial charge >= 0.3 is 0 Å². The van der Waals surface area contributed by atoms with E-state index in [2.05, 4.69) is 10.9 Å². The number of aromatic nitrogens is 1. The van der Waals surface area contributed by atoms with Gasteiger partial charge in [-0.25, -0.2) is 4.98 Å². The highest BCUT2D eigenvalue weighted by atomic mass is 35.5. The van der Waals surface area contributed by atoms with Gasteiger partial charge in [-0.05, 0) is 19.1 Å². The molecule has 0 aliphatic heterocycles. The van der Waals surface area contributed by atoms with Crippen LogP contribution in [-0.2, 0) is 0 Å². The molecule has 0 aliphatic rings. The number of nitrogens with zero attached hydrogens (tertiary/aromatic N) is 2. The first-order chi connectivity index (χ1) is 9.17. The molecule has 0 unspecified atom stereocenters. The summed E-state index contributed by atoms with van der Waals surface area (Å²) in [5.74, 6) is 2.36. The van der Waals surface area contributed by atoms with Gasteiger partial charge in [0.15, 0.2) is 0 Å². The van der Waals surface area contributed by atoms with E-state index in [9.17, 15) is 4.79 Å². The summed E-state index contributed by atoms with van der Waals surface area (Å²) in [6, 6.07) is 9.00. The molecular formula is C15H13ClN2O. The number of pyridine rings is 1. The first-order valence-corrected chi connectivity index (χ1v) is 6.33. The number of para-hydroxylation sites is 1. The predicted molar refractivity (Wildman–Crippen MR) is 77.2 cm³/mol. The van der Waals surface area contributed by atoms with Crippen molar-refractivity contribution in [1.29, 1.82) is 0 Å². The summed E-state index contributed by atoms with van der Waals surface area (Å²) >= 11 is 5.97. The van der Waals surface area contributed by atoms with E-state index >= 15 is 0 Å². The zero-order valence-electron chi connectivity index (χ0n) is 10.6. The molecule has 1 aromatic carbocycles. The lowest BCUT2D eigenvalue weighted by molar-refractivity contribution is 0.0787. The fourth-order valence-corrected chi connectivity index (χ4v) is 2.13. The summed E-state index contributed by atoms with van der Waals surface area (Å²) < 4.78 is 0. The molecule has 1 amide bonds. The van der Waals surface area contributed by atoms with Gasteiger partial charge < -0.3 is 4.90 Å². The summed E-state index contributed by atoms with van der Waals surface area (Å²) in [6.07, 6.45) is 5.28. The molecule has 19 heavy (non-hydrogen) atoms. The Balaban J connectivity index is 2.55. The van der Waals surface area contributed by atoms with Crippen LogP contribution in [0.25, 0.3) is 10.9 Å². The van der Waals surface area contributed by atoms with Crippen molar-refractivity contribution in [3.05, 3.63) is 41.0 Å². The second-order valence-electron chi connectivity index (χ2n) is 4.03. The van der Waals surface area contributed by atoms with Crippen LogP contribution in [0.1, 0.15) is 17.3 Å². The molecule has 0 saturated heterocycles. The fraction of sp³-hybridized carbons (Fsp3) is 0.200. The minimum atomic E-state index is -0.124. The SMILES string of the molecule is C#CCN(CC)C(=O)c1cc(Cl)nc2ccccc12. The van der Waals surface area contributed by atoms with Crippen molar-refractivity contribution in [3.63, 3.8) is 0 Å². The maximum absolute atomic E-state index is 12.5. The average Bonchev–Trinajstić information content (AvgIpc) is 2.43. The molecule has 4 heteroatoms. The van der Waals surface area contributed by atoms with E-state index in [1.165, 1.54) is 0 Å². The Kier molecular flexibility index (Phi) is 4.03. The van der Waals surface area contributed by atoms with Crippen LogP contribution in [0.4, 0.5) is 0 Å². The Morgan fingerprint density at radius 3 is 2.89 bits per heavy atom. The molecule has 0 fully saturated rings. The van der Waals surface area contributed by atoms with Crippen LogP contribution in [0.5, 0.6) is 0 Å². The average molecular weight is 273 g/mol. The number of hydrogen-bond donors (Lipinski definition) is 0. The van der Waals surface area contributed by atoms with E-state index in [0.29, 0.717) is 22.8 Å². The van der Waals surface area contributed by atoms with E-state index in [1.807, 2.05) is 31.2 Å². The quantitative estimate of drug-likeness (QED) is 0.636. The van der Waals surface area contributed by atoms with Gasteiger partial charge in [0, 0.05) is 11.9 Å². The second kappa shape index (κ2) is 5.73. The van der Waals surface area contributed by atoms with Crippen molar-refractivity contribution >= 4 is 28.4 Å². The van der Waals surface area contributed by atoms with E-state index < -0.39 is 0 Å². The van der Waals surface area contributed by atoms with E-state index in [0.717, 1.165) is 5.39 Å². The van der Waals surface area contributed by atoms with Crippen molar-refractivity contribution in [3.8, 4) is 12.3 Å². The Labute approximate surface area is 117 Å². The first kappa shape index (κ1) is 13.4. The Morgan fingerprint density at radius 1 is 1.47 bits per heavy atom. The number of amides is 1. The summed E-state index contributed by atoms with van der Waals surface area (Å²) in [4.78, 5) is 18.3. The molecule has 2 aromatic rings. The van der Waals surface area contributed by atoms with Crippen LogP contribution >= 0.6 is 11.6 Å². The van der Waals surface area contributed by atoms with Crippen molar-refractivity contribution in [1.82, 2.24) is 9.88 Å². The minimum Gasteiger partial charge on any atom is -0.328 e. The van der Waals surface area contributed by atoms with Crippen molar-refractivity contribution in [2.45, 2.75) is 6.92 Å². The number of carbonyl (C=O) groups is 1. The minimum absolute atomic E-state index is 0.124. The van der Waals surface area contributed by atoms with Crippen molar-refractivity contribution in [2.24, 2.45) is 0 Å². The normalized spacial score (nSPS) is 10.2. The van der Waals surface area contributed by atoms with Gasteiger partial charge in [0.1, 0.15) is 5.15 Å². The molecule has 0 saturated carbocycles. The van der Waals surface area contributed by atoms with E-state index in [4.69, 9.17) is 18.0 Å². The highest BCUT2D eigenvalue weighted by Crippen LogP contribution is 2.22. The zero-order chi connectivity index (χ0) is 13.8. The third-order valence-electron chi connectivity index (χ3n) is 2.87. The van der Waals surface area contributed by atoms with Gasteiger partial charge in [0.05, 0.1) is 17.6 Å². The molecule has 0 N–H and O–H groups in total. The Bertz CT molecular complexity index is 661. The third kappa shape index (κ3) is 2.69. The molecule has 1 heterocycles. The first-order valence-electron chi connectivity index (χ1n) is 5.95. The molecule has 0 radical (unpaired) electrons. The van der Waals surface area contributed by atoms with Gasteiger partial charge in [0.25, 0.3) is 5.91 Å². The van der Waals surface area contributed by atoms with Crippen LogP contribution in [0.2, 0.25) is 5.15 Å². The zero-order valence-corrected chi connectivity index (χ0v) is 11.3. The molecular weight excluding hydrogens is 260 g/mol. The Morgan fingerprint density at radius 2 is 2.21 bits per heavy atom. The maximum atomic E-state index is 12.5. The van der Waals surface area contributed by atoms with Crippen LogP contribution in [-0.4, -0.2) is 28.9 Å². The molecule has 0 aliphatic carbocycles. The molecule has 0 spiro atoms. The molecule has 96 valence electrons. The summed E-state index contributed by atoms with van der Waals surface area (Å²) in [5, 5.41) is 1.09. The summed E-state index contributed by atoms with van der Waals surface area (Å²) in [7, 11) is 0. The number of rotatable bonds is 3. The number of benzene rings is 1. The lowest BCUT2D eigenvalue weighted by Gasteiger charge is -2.19. The number of carbonyl (C=O) groups excluding carboxylic acids is 1. The van der Waals surface area contributed by atoms with Crippen molar-refractivity contribution in [2.75, 3.05) is 13.1 Å². The highest BCUT2D eigenvalue weighted by Gasteiger charge is 2.17. The van der Waals surface area contributed by atoms with Gasteiger partial charge in [-0.15, -0.1) is 6.42 Å². The molecule has 3 nitrogen and oxygen atoms in total. The van der Waals surface area contributed by atoms with Gasteiger partial charge in [-0.3, -0.25) is 4.79 Å². The second-order valence-corrected chi connectivity index (χ2v) is 4.42. The number of terminal acetylenes is 1. The fourth-order valence-electron chi connectivity index (χ4n) is 1.93. The molecule has 0 bridgehead atoms. The maximum Gasteiger partial charge on any atom is 0.255 e. The van der Waals surface area contributed by atoms with Gasteiger partial charge in [0.2, 0.25) is 0 Å². The number of hydrogen-bond acceptors (Lipinski definition) is 2. The lowest BCUT2D eigenvalue weighted by Crippen LogP contribution is -2.31. The Hall–Kier alpha value is -2.05. The molecule has 2 rings (SSSR count). The van der Waals surface area contributed by atoms with Crippen LogP contribution in [0.3, 0.4) is 0 Å². The lowest BCUT2D eigenvalue weighted by atomic mass is 10.1. The molecule has 1 aromatic heterocycles. The summed E-state index contributed by atoms with van der Waals surface area (Å²) in [6.45, 7) is 2.72. The molecule has 0 atom stereocenters. The topological polar surface area (TPSA) is 33.2 Å². The third-order valence-corrected chi connectivity index (χ3v) is 3.06. The van der Waals surface area contributed by atoms with E-state index in [1.54, 1.807) is 11.0 Å². The van der Waals surface area contributed by atoms with Gasteiger partial charge in [-0.1, -0.05) is 35.7 Å². The van der Waals surface area contributed by atoms with Crippen LogP contribution < -0.4 is 0 Å². The number of fused-ring (bicyclic) bond motifs is 1. The van der Waals surface area contributed by atoms with Crippen LogP contribution in [0.15, 0.2) is 30.3 Å². The number of halogens is 1. The van der Waals surface area contributed by atoms with Crippen LogP contribution in [0, 0.1) is 12.3 Å². The smallest absolute Gasteiger partial charge is 0.255 e.